The van der Waals surface area contributed by atoms with Crippen molar-refractivity contribution in [1.82, 2.24) is 10.2 Å². The second kappa shape index (κ2) is 9.18. The monoisotopic (exact) mass is 409 g/mol. The zero-order valence-corrected chi connectivity index (χ0v) is 18.4. The number of anilines is 1. The van der Waals surface area contributed by atoms with Gasteiger partial charge in [0.2, 0.25) is 5.13 Å². The zero-order chi connectivity index (χ0) is 21.0. The van der Waals surface area contributed by atoms with Gasteiger partial charge in [-0.1, -0.05) is 36.8 Å². The van der Waals surface area contributed by atoms with Crippen molar-refractivity contribution in [3.63, 3.8) is 0 Å². The zero-order valence-electron chi connectivity index (χ0n) is 17.6. The fourth-order valence-electron chi connectivity index (χ4n) is 3.52. The van der Waals surface area contributed by atoms with Crippen molar-refractivity contribution in [3.05, 3.63) is 58.1 Å². The predicted octanol–water partition coefficient (Wildman–Crippen LogP) is 5.73. The number of amides is 1. The van der Waals surface area contributed by atoms with Gasteiger partial charge >= 0.3 is 0 Å². The maximum Gasteiger partial charge on any atom is 0.257 e. The number of hydrogen-bond donors (Lipinski definition) is 1. The number of ether oxygens (including phenoxy) is 1. The molecule has 0 fully saturated rings. The van der Waals surface area contributed by atoms with Crippen LogP contribution >= 0.6 is 11.3 Å². The molecule has 3 aromatic rings. The third kappa shape index (κ3) is 4.65. The number of unbranched alkanes of at least 4 members (excludes halogenated alkanes) is 1. The Morgan fingerprint density at radius 2 is 1.86 bits per heavy atom. The molecule has 1 aromatic heterocycles. The molecule has 152 valence electrons. The molecular formula is C23H27N3O2S. The highest BCUT2D eigenvalue weighted by Gasteiger charge is 2.16. The van der Waals surface area contributed by atoms with Gasteiger partial charge in [-0.2, -0.15) is 0 Å². The number of aryl methyl sites for hydroxylation is 3. The summed E-state index contributed by atoms with van der Waals surface area (Å²) in [5, 5.41) is 12.6. The summed E-state index contributed by atoms with van der Waals surface area (Å²) in [5.41, 5.74) is 6.00. The number of carbonyl (C=O) groups is 1. The third-order valence-corrected chi connectivity index (χ3v) is 5.93. The van der Waals surface area contributed by atoms with Crippen molar-refractivity contribution in [2.24, 2.45) is 0 Å². The molecule has 0 bridgehead atoms. The summed E-state index contributed by atoms with van der Waals surface area (Å²) in [7, 11) is 1.67. The summed E-state index contributed by atoms with van der Waals surface area (Å²) < 4.78 is 5.43. The molecule has 0 radical (unpaired) electrons. The smallest absolute Gasteiger partial charge is 0.257 e. The van der Waals surface area contributed by atoms with Gasteiger partial charge in [0.05, 0.1) is 7.11 Å². The van der Waals surface area contributed by atoms with Crippen LogP contribution in [-0.4, -0.2) is 23.2 Å². The lowest BCUT2D eigenvalue weighted by molar-refractivity contribution is 0.102. The summed E-state index contributed by atoms with van der Waals surface area (Å²) in [5.74, 6) is 0.732. The molecule has 6 heteroatoms. The number of methoxy groups -OCH3 is 1. The first-order valence-corrected chi connectivity index (χ1v) is 10.6. The van der Waals surface area contributed by atoms with E-state index in [2.05, 4.69) is 28.5 Å². The van der Waals surface area contributed by atoms with Gasteiger partial charge in [-0.25, -0.2) is 0 Å². The summed E-state index contributed by atoms with van der Waals surface area (Å²) in [6, 6.07) is 9.96. The molecule has 1 amide bonds. The van der Waals surface area contributed by atoms with Gasteiger partial charge in [-0.05, 0) is 74.1 Å². The van der Waals surface area contributed by atoms with E-state index < -0.39 is 0 Å². The average molecular weight is 410 g/mol. The molecule has 0 atom stereocenters. The third-order valence-electron chi connectivity index (χ3n) is 5.05. The van der Waals surface area contributed by atoms with Gasteiger partial charge in [0.1, 0.15) is 10.8 Å². The molecule has 0 saturated carbocycles. The van der Waals surface area contributed by atoms with E-state index in [9.17, 15) is 4.79 Å². The van der Waals surface area contributed by atoms with Crippen LogP contribution in [-0.2, 0) is 6.42 Å². The Morgan fingerprint density at radius 3 is 2.52 bits per heavy atom. The SMILES string of the molecule is CCCCc1cccc(C(=O)Nc2nnc(-c3cc(C)c(OC)c(C)c3)s2)c1C. The molecule has 0 spiro atoms. The summed E-state index contributed by atoms with van der Waals surface area (Å²) in [6.45, 7) is 8.19. The summed E-state index contributed by atoms with van der Waals surface area (Å²) in [6.07, 6.45) is 3.24. The second-order valence-corrected chi connectivity index (χ2v) is 8.18. The van der Waals surface area contributed by atoms with Gasteiger partial charge in [-0.15, -0.1) is 10.2 Å². The van der Waals surface area contributed by atoms with Crippen molar-refractivity contribution in [3.8, 4) is 16.3 Å². The van der Waals surface area contributed by atoms with E-state index in [1.807, 2.05) is 45.0 Å². The molecule has 2 aromatic carbocycles. The highest BCUT2D eigenvalue weighted by atomic mass is 32.1. The number of rotatable bonds is 7. The molecule has 1 heterocycles. The molecule has 5 nitrogen and oxygen atoms in total. The molecule has 0 saturated heterocycles. The number of nitrogens with one attached hydrogen (secondary N) is 1. The molecule has 0 aliphatic carbocycles. The predicted molar refractivity (Wildman–Crippen MR) is 119 cm³/mol. The maximum atomic E-state index is 12.8. The van der Waals surface area contributed by atoms with Crippen LogP contribution in [0.4, 0.5) is 5.13 Å². The highest BCUT2D eigenvalue weighted by molar-refractivity contribution is 7.18. The lowest BCUT2D eigenvalue weighted by Gasteiger charge is -2.10. The standard InChI is InChI=1S/C23H27N3O2S/c1-6-7-9-17-10-8-11-19(16(17)4)21(27)24-23-26-25-22(29-23)18-12-14(2)20(28-5)15(3)13-18/h8,10-13H,6-7,9H2,1-5H3,(H,24,26,27). The average Bonchev–Trinajstić information content (AvgIpc) is 3.15. The van der Waals surface area contributed by atoms with Crippen LogP contribution in [0.15, 0.2) is 30.3 Å². The van der Waals surface area contributed by atoms with Crippen molar-refractivity contribution in [2.45, 2.75) is 47.0 Å². The number of benzene rings is 2. The van der Waals surface area contributed by atoms with Crippen LogP contribution in [0.5, 0.6) is 5.75 Å². The largest absolute Gasteiger partial charge is 0.496 e. The van der Waals surface area contributed by atoms with E-state index in [-0.39, 0.29) is 5.91 Å². The first-order valence-electron chi connectivity index (χ1n) is 9.83. The minimum absolute atomic E-state index is 0.148. The highest BCUT2D eigenvalue weighted by Crippen LogP contribution is 2.32. The Bertz CT molecular complexity index is 1000. The summed E-state index contributed by atoms with van der Waals surface area (Å²) in [4.78, 5) is 12.8. The Hall–Kier alpha value is -2.73. The maximum absolute atomic E-state index is 12.8. The Morgan fingerprint density at radius 1 is 1.14 bits per heavy atom. The van der Waals surface area contributed by atoms with E-state index in [4.69, 9.17) is 4.74 Å². The van der Waals surface area contributed by atoms with Crippen molar-refractivity contribution in [1.29, 1.82) is 0 Å². The second-order valence-electron chi connectivity index (χ2n) is 7.20. The first kappa shape index (κ1) is 21.0. The molecule has 0 unspecified atom stereocenters. The number of carbonyl (C=O) groups excluding carboxylic acids is 1. The Balaban J connectivity index is 1.80. The van der Waals surface area contributed by atoms with Crippen molar-refractivity contribution >= 4 is 22.4 Å². The normalized spacial score (nSPS) is 10.8. The van der Waals surface area contributed by atoms with Crippen LogP contribution in [0.1, 0.15) is 52.4 Å². The molecule has 0 aliphatic heterocycles. The van der Waals surface area contributed by atoms with Crippen LogP contribution in [0.3, 0.4) is 0 Å². The summed E-state index contributed by atoms with van der Waals surface area (Å²) >= 11 is 1.37. The number of nitrogens with zero attached hydrogens (tertiary/aromatic N) is 2. The van der Waals surface area contributed by atoms with Crippen LogP contribution < -0.4 is 10.1 Å². The minimum atomic E-state index is -0.148. The molecule has 0 aliphatic rings. The van der Waals surface area contributed by atoms with Gasteiger partial charge in [0, 0.05) is 11.1 Å². The van der Waals surface area contributed by atoms with E-state index >= 15 is 0 Å². The van der Waals surface area contributed by atoms with Crippen molar-refractivity contribution in [2.75, 3.05) is 12.4 Å². The van der Waals surface area contributed by atoms with E-state index in [0.29, 0.717) is 10.7 Å². The Labute approximate surface area is 176 Å². The quantitative estimate of drug-likeness (QED) is 0.541. The van der Waals surface area contributed by atoms with Crippen molar-refractivity contribution < 1.29 is 9.53 Å². The van der Waals surface area contributed by atoms with Crippen LogP contribution in [0.25, 0.3) is 10.6 Å². The number of hydrogen-bond acceptors (Lipinski definition) is 5. The van der Waals surface area contributed by atoms with Gasteiger partial charge in [0.25, 0.3) is 5.91 Å². The lowest BCUT2D eigenvalue weighted by atomic mass is 9.98. The van der Waals surface area contributed by atoms with Crippen LogP contribution in [0.2, 0.25) is 0 Å². The van der Waals surface area contributed by atoms with Gasteiger partial charge < -0.3 is 4.74 Å². The fraction of sp³-hybridized carbons (Fsp3) is 0.348. The van der Waals surface area contributed by atoms with E-state index in [0.717, 1.165) is 52.3 Å². The topological polar surface area (TPSA) is 64.1 Å². The Kier molecular flexibility index (Phi) is 6.64. The van der Waals surface area contributed by atoms with Gasteiger partial charge in [-0.3, -0.25) is 10.1 Å². The molecule has 3 rings (SSSR count). The molecule has 29 heavy (non-hydrogen) atoms. The first-order chi connectivity index (χ1) is 13.9. The number of aromatic nitrogens is 2. The van der Waals surface area contributed by atoms with E-state index in [1.54, 1.807) is 7.11 Å². The molecular weight excluding hydrogens is 382 g/mol. The fourth-order valence-corrected chi connectivity index (χ4v) is 4.24. The minimum Gasteiger partial charge on any atom is -0.496 e. The van der Waals surface area contributed by atoms with Crippen LogP contribution in [0, 0.1) is 20.8 Å². The van der Waals surface area contributed by atoms with E-state index in [1.165, 1.54) is 16.9 Å². The van der Waals surface area contributed by atoms with Gasteiger partial charge in [0.15, 0.2) is 0 Å². The lowest BCUT2D eigenvalue weighted by Crippen LogP contribution is -2.14. The molecule has 1 N–H and O–H groups in total.